The summed E-state index contributed by atoms with van der Waals surface area (Å²) in [4.78, 5) is 25.8. The van der Waals surface area contributed by atoms with Crippen molar-refractivity contribution < 1.29 is 19.8 Å². The van der Waals surface area contributed by atoms with Crippen molar-refractivity contribution in [3.63, 3.8) is 0 Å². The Labute approximate surface area is 139 Å². The Hall–Kier alpha value is -2.30. The van der Waals surface area contributed by atoms with Gasteiger partial charge in [-0.05, 0) is 24.0 Å². The average molecular weight is 322 g/mol. The highest BCUT2D eigenvalue weighted by Crippen LogP contribution is 2.43. The van der Waals surface area contributed by atoms with Gasteiger partial charge in [-0.1, -0.05) is 48.5 Å². The SMILES string of the molecule is O=C1c2ccccc2[C@H](O)CC1[C@H]1C[C@@H](O)c2ccccc2C1=O. The topological polar surface area (TPSA) is 74.6 Å². The van der Waals surface area contributed by atoms with Crippen LogP contribution in [0.5, 0.6) is 0 Å². The molecule has 1 unspecified atom stereocenters. The molecule has 4 rings (SSSR count). The molecule has 0 aromatic heterocycles. The minimum atomic E-state index is -0.758. The van der Waals surface area contributed by atoms with Crippen molar-refractivity contribution in [1.82, 2.24) is 0 Å². The molecular formula is C20H18O4. The summed E-state index contributed by atoms with van der Waals surface area (Å²) in [6.07, 6.45) is -1.07. The van der Waals surface area contributed by atoms with Crippen LogP contribution in [0.25, 0.3) is 0 Å². The first-order valence-corrected chi connectivity index (χ1v) is 8.20. The Balaban J connectivity index is 1.73. The fourth-order valence-electron chi connectivity index (χ4n) is 4.07. The summed E-state index contributed by atoms with van der Waals surface area (Å²) >= 11 is 0. The molecule has 0 saturated carbocycles. The van der Waals surface area contributed by atoms with Crippen LogP contribution in [0.1, 0.15) is 56.9 Å². The number of hydrogen-bond acceptors (Lipinski definition) is 4. The van der Waals surface area contributed by atoms with Crippen LogP contribution in [-0.2, 0) is 0 Å². The van der Waals surface area contributed by atoms with Gasteiger partial charge in [-0.15, -0.1) is 0 Å². The number of aliphatic hydroxyl groups excluding tert-OH is 2. The molecule has 0 spiro atoms. The number of benzene rings is 2. The predicted octanol–water partition coefficient (Wildman–Crippen LogP) is 2.86. The molecule has 2 aliphatic carbocycles. The Morgan fingerprint density at radius 2 is 1.04 bits per heavy atom. The Kier molecular flexibility index (Phi) is 3.59. The second-order valence-electron chi connectivity index (χ2n) is 6.62. The maximum Gasteiger partial charge on any atom is 0.167 e. The van der Waals surface area contributed by atoms with E-state index in [9.17, 15) is 19.8 Å². The molecule has 0 aliphatic heterocycles. The van der Waals surface area contributed by atoms with Gasteiger partial charge in [0.05, 0.1) is 12.2 Å². The molecule has 2 N–H and O–H groups in total. The first-order valence-electron chi connectivity index (χ1n) is 8.20. The molecule has 2 aromatic rings. The van der Waals surface area contributed by atoms with Gasteiger partial charge in [-0.25, -0.2) is 0 Å². The summed E-state index contributed by atoms with van der Waals surface area (Å²) in [6.45, 7) is 0. The average Bonchev–Trinajstić information content (AvgIpc) is 2.61. The third kappa shape index (κ3) is 2.22. The van der Waals surface area contributed by atoms with Crippen LogP contribution in [0.4, 0.5) is 0 Å². The van der Waals surface area contributed by atoms with Gasteiger partial charge < -0.3 is 10.2 Å². The second-order valence-corrected chi connectivity index (χ2v) is 6.62. The summed E-state index contributed by atoms with van der Waals surface area (Å²) in [5, 5.41) is 20.8. The number of carbonyl (C=O) groups is 2. The molecule has 4 atom stereocenters. The molecule has 122 valence electrons. The highest BCUT2D eigenvalue weighted by molar-refractivity contribution is 6.07. The second kappa shape index (κ2) is 5.65. The number of carbonyl (C=O) groups excluding carboxylic acids is 2. The molecule has 0 heterocycles. The number of ketones is 2. The third-order valence-corrected chi connectivity index (χ3v) is 5.28. The van der Waals surface area contributed by atoms with Crippen LogP contribution in [-0.4, -0.2) is 21.8 Å². The zero-order chi connectivity index (χ0) is 16.8. The molecule has 4 nitrogen and oxygen atoms in total. The monoisotopic (exact) mass is 322 g/mol. The largest absolute Gasteiger partial charge is 0.388 e. The number of aliphatic hydroxyl groups is 2. The lowest BCUT2D eigenvalue weighted by Gasteiger charge is -2.36. The summed E-state index contributed by atoms with van der Waals surface area (Å²) in [6, 6.07) is 14.0. The van der Waals surface area contributed by atoms with Crippen LogP contribution in [0.3, 0.4) is 0 Å². The van der Waals surface area contributed by atoms with E-state index in [1.807, 2.05) is 0 Å². The van der Waals surface area contributed by atoms with E-state index in [-0.39, 0.29) is 24.4 Å². The van der Waals surface area contributed by atoms with Crippen molar-refractivity contribution in [1.29, 1.82) is 0 Å². The minimum absolute atomic E-state index is 0.110. The third-order valence-electron chi connectivity index (χ3n) is 5.28. The van der Waals surface area contributed by atoms with E-state index < -0.39 is 24.0 Å². The first kappa shape index (κ1) is 15.2. The van der Waals surface area contributed by atoms with E-state index in [1.54, 1.807) is 48.5 Å². The van der Waals surface area contributed by atoms with Crippen molar-refractivity contribution >= 4 is 11.6 Å². The lowest BCUT2D eigenvalue weighted by atomic mass is 9.68. The highest BCUT2D eigenvalue weighted by Gasteiger charge is 2.44. The van der Waals surface area contributed by atoms with Gasteiger partial charge in [-0.3, -0.25) is 9.59 Å². The van der Waals surface area contributed by atoms with Gasteiger partial charge in [0, 0.05) is 23.0 Å². The molecule has 0 bridgehead atoms. The molecule has 0 radical (unpaired) electrons. The summed E-state index contributed by atoms with van der Waals surface area (Å²) < 4.78 is 0. The molecular weight excluding hydrogens is 304 g/mol. The molecule has 0 saturated heterocycles. The molecule has 24 heavy (non-hydrogen) atoms. The minimum Gasteiger partial charge on any atom is -0.388 e. The van der Waals surface area contributed by atoms with E-state index in [0.717, 1.165) is 0 Å². The number of Topliss-reactive ketones (excluding diaryl/α,β-unsaturated/α-hetero) is 2. The highest BCUT2D eigenvalue weighted by atomic mass is 16.3. The maximum absolute atomic E-state index is 12.9. The van der Waals surface area contributed by atoms with Gasteiger partial charge in [0.2, 0.25) is 0 Å². The standard InChI is InChI=1S/C20H18O4/c21-17-9-15(19(23)13-7-3-1-5-11(13)17)16-10-18(22)12-6-2-4-8-14(12)20(16)24/h1-8,15-18,21-22H,9-10H2/t15-,16?,17-,18-/m1/s1. The van der Waals surface area contributed by atoms with Crippen LogP contribution in [0, 0.1) is 11.8 Å². The molecule has 2 aromatic carbocycles. The Morgan fingerprint density at radius 3 is 1.46 bits per heavy atom. The van der Waals surface area contributed by atoms with E-state index >= 15 is 0 Å². The van der Waals surface area contributed by atoms with Crippen LogP contribution >= 0.6 is 0 Å². The maximum atomic E-state index is 12.9. The van der Waals surface area contributed by atoms with Crippen LogP contribution < -0.4 is 0 Å². The van der Waals surface area contributed by atoms with Gasteiger partial charge >= 0.3 is 0 Å². The smallest absolute Gasteiger partial charge is 0.167 e. The van der Waals surface area contributed by atoms with Crippen molar-refractivity contribution in [2.75, 3.05) is 0 Å². The summed E-state index contributed by atoms with van der Waals surface area (Å²) in [5.41, 5.74) is 2.23. The predicted molar refractivity (Wildman–Crippen MR) is 87.7 cm³/mol. The Morgan fingerprint density at radius 1 is 0.667 bits per heavy atom. The fraction of sp³-hybridized carbons (Fsp3) is 0.300. The van der Waals surface area contributed by atoms with Gasteiger partial charge in [0.15, 0.2) is 11.6 Å². The number of fused-ring (bicyclic) bond motifs is 2. The van der Waals surface area contributed by atoms with Crippen molar-refractivity contribution in [3.05, 3.63) is 70.8 Å². The molecule has 0 fully saturated rings. The van der Waals surface area contributed by atoms with E-state index in [1.165, 1.54) is 0 Å². The first-order chi connectivity index (χ1) is 11.6. The quantitative estimate of drug-likeness (QED) is 0.846. The van der Waals surface area contributed by atoms with Gasteiger partial charge in [0.1, 0.15) is 0 Å². The van der Waals surface area contributed by atoms with Crippen LogP contribution in [0.15, 0.2) is 48.5 Å². The van der Waals surface area contributed by atoms with Gasteiger partial charge in [0.25, 0.3) is 0 Å². The zero-order valence-corrected chi connectivity index (χ0v) is 13.1. The van der Waals surface area contributed by atoms with Gasteiger partial charge in [-0.2, -0.15) is 0 Å². The van der Waals surface area contributed by atoms with E-state index in [0.29, 0.717) is 22.3 Å². The summed E-state index contributed by atoms with van der Waals surface area (Å²) in [5.74, 6) is -1.41. The van der Waals surface area contributed by atoms with Crippen LogP contribution in [0.2, 0.25) is 0 Å². The molecule has 2 aliphatic rings. The zero-order valence-electron chi connectivity index (χ0n) is 13.1. The number of hydrogen-bond donors (Lipinski definition) is 2. The van der Waals surface area contributed by atoms with Crippen molar-refractivity contribution in [2.45, 2.75) is 25.0 Å². The Bertz CT molecular complexity index is 756. The lowest BCUT2D eigenvalue weighted by Crippen LogP contribution is -2.38. The van der Waals surface area contributed by atoms with Crippen molar-refractivity contribution in [2.24, 2.45) is 11.8 Å². The molecule has 4 heteroatoms. The lowest BCUT2D eigenvalue weighted by molar-refractivity contribution is 0.0477. The fourth-order valence-corrected chi connectivity index (χ4v) is 4.07. The van der Waals surface area contributed by atoms with E-state index in [2.05, 4.69) is 0 Å². The normalized spacial score (nSPS) is 29.1. The van der Waals surface area contributed by atoms with E-state index in [4.69, 9.17) is 0 Å². The number of rotatable bonds is 1. The summed E-state index contributed by atoms with van der Waals surface area (Å²) in [7, 11) is 0. The molecule has 0 amide bonds. The van der Waals surface area contributed by atoms with Crippen molar-refractivity contribution in [3.8, 4) is 0 Å².